The molecule has 0 atom stereocenters. The third-order valence-corrected chi connectivity index (χ3v) is 3.26. The summed E-state index contributed by atoms with van der Waals surface area (Å²) in [5.41, 5.74) is 6.18. The van der Waals surface area contributed by atoms with Crippen molar-refractivity contribution in [2.45, 2.75) is 27.3 Å². The van der Waals surface area contributed by atoms with Gasteiger partial charge in [0.1, 0.15) is 0 Å². The number of aromatic nitrogens is 1. The number of nitrogens with zero attached hydrogens (tertiary/aromatic N) is 1. The van der Waals surface area contributed by atoms with Gasteiger partial charge in [0.15, 0.2) is 0 Å². The fraction of sp³-hybridized carbons (Fsp3) is 0.312. The Bertz CT molecular complexity index is 556. The zero-order valence-electron chi connectivity index (χ0n) is 11.9. The summed E-state index contributed by atoms with van der Waals surface area (Å²) < 4.78 is 5.24. The highest BCUT2D eigenvalue weighted by molar-refractivity contribution is 5.53. The van der Waals surface area contributed by atoms with Crippen LogP contribution in [0.1, 0.15) is 22.3 Å². The summed E-state index contributed by atoms with van der Waals surface area (Å²) in [5.74, 6) is 0.630. The molecule has 0 saturated heterocycles. The average molecular weight is 256 g/mol. The van der Waals surface area contributed by atoms with Gasteiger partial charge in [-0.25, -0.2) is 4.98 Å². The van der Waals surface area contributed by atoms with Crippen molar-refractivity contribution in [3.63, 3.8) is 0 Å². The van der Waals surface area contributed by atoms with Crippen LogP contribution in [0.5, 0.6) is 5.88 Å². The van der Waals surface area contributed by atoms with Crippen LogP contribution in [-0.2, 0) is 6.54 Å². The summed E-state index contributed by atoms with van der Waals surface area (Å²) in [5, 5.41) is 3.39. The fourth-order valence-electron chi connectivity index (χ4n) is 2.36. The smallest absolute Gasteiger partial charge is 0.237 e. The number of anilines is 1. The van der Waals surface area contributed by atoms with Crippen LogP contribution in [0.25, 0.3) is 0 Å². The van der Waals surface area contributed by atoms with Gasteiger partial charge in [0, 0.05) is 12.7 Å². The van der Waals surface area contributed by atoms with E-state index < -0.39 is 0 Å². The van der Waals surface area contributed by atoms with Crippen LogP contribution in [0.2, 0.25) is 0 Å². The topological polar surface area (TPSA) is 34.1 Å². The van der Waals surface area contributed by atoms with E-state index in [2.05, 4.69) is 43.2 Å². The van der Waals surface area contributed by atoms with Gasteiger partial charge in [0.05, 0.1) is 12.8 Å². The number of pyridine rings is 1. The number of methoxy groups -OCH3 is 1. The molecule has 19 heavy (non-hydrogen) atoms. The second-order valence-corrected chi connectivity index (χ2v) is 4.79. The van der Waals surface area contributed by atoms with Crippen LogP contribution in [0.3, 0.4) is 0 Å². The number of benzene rings is 1. The summed E-state index contributed by atoms with van der Waals surface area (Å²) in [6, 6.07) is 8.30. The molecule has 3 nitrogen and oxygen atoms in total. The van der Waals surface area contributed by atoms with Gasteiger partial charge < -0.3 is 10.1 Å². The second kappa shape index (κ2) is 5.74. The molecule has 1 N–H and O–H groups in total. The number of hydrogen-bond donors (Lipinski definition) is 1. The number of rotatable bonds is 4. The highest BCUT2D eigenvalue weighted by atomic mass is 16.5. The van der Waals surface area contributed by atoms with Crippen molar-refractivity contribution in [2.24, 2.45) is 0 Å². The van der Waals surface area contributed by atoms with Crippen molar-refractivity contribution in [2.75, 3.05) is 12.4 Å². The first-order chi connectivity index (χ1) is 9.11. The minimum Gasteiger partial charge on any atom is -0.480 e. The van der Waals surface area contributed by atoms with Gasteiger partial charge in [0.2, 0.25) is 5.88 Å². The van der Waals surface area contributed by atoms with Crippen molar-refractivity contribution >= 4 is 5.69 Å². The first kappa shape index (κ1) is 13.4. The first-order valence-electron chi connectivity index (χ1n) is 6.41. The fourth-order valence-corrected chi connectivity index (χ4v) is 2.36. The molecule has 1 heterocycles. The lowest BCUT2D eigenvalue weighted by molar-refractivity contribution is 0.399. The normalized spacial score (nSPS) is 10.3. The molecule has 3 heteroatoms. The molecular weight excluding hydrogens is 236 g/mol. The molecule has 0 saturated carbocycles. The van der Waals surface area contributed by atoms with E-state index in [0.717, 1.165) is 12.2 Å². The summed E-state index contributed by atoms with van der Waals surface area (Å²) in [6.45, 7) is 7.20. The van der Waals surface area contributed by atoms with E-state index in [1.165, 1.54) is 22.3 Å². The lowest BCUT2D eigenvalue weighted by atomic mass is 10.00. The third-order valence-electron chi connectivity index (χ3n) is 3.26. The van der Waals surface area contributed by atoms with Gasteiger partial charge in [-0.15, -0.1) is 0 Å². The Labute approximate surface area is 114 Å². The van der Waals surface area contributed by atoms with E-state index >= 15 is 0 Å². The molecule has 1 aromatic carbocycles. The first-order valence-corrected chi connectivity index (χ1v) is 6.41. The molecule has 0 aliphatic carbocycles. The van der Waals surface area contributed by atoms with Crippen molar-refractivity contribution in [1.29, 1.82) is 0 Å². The minimum atomic E-state index is 0.630. The van der Waals surface area contributed by atoms with Crippen molar-refractivity contribution in [3.8, 4) is 5.88 Å². The molecule has 0 fully saturated rings. The van der Waals surface area contributed by atoms with Crippen LogP contribution in [0.15, 0.2) is 30.5 Å². The summed E-state index contributed by atoms with van der Waals surface area (Å²) >= 11 is 0. The zero-order chi connectivity index (χ0) is 13.8. The summed E-state index contributed by atoms with van der Waals surface area (Å²) in [7, 11) is 1.63. The highest BCUT2D eigenvalue weighted by Gasteiger charge is 2.06. The maximum Gasteiger partial charge on any atom is 0.237 e. The molecule has 0 bridgehead atoms. The van der Waals surface area contributed by atoms with Crippen LogP contribution in [-0.4, -0.2) is 12.1 Å². The lowest BCUT2D eigenvalue weighted by Gasteiger charge is -2.14. The van der Waals surface area contributed by atoms with Crippen LogP contribution in [0, 0.1) is 20.8 Å². The van der Waals surface area contributed by atoms with E-state index in [4.69, 9.17) is 4.74 Å². The van der Waals surface area contributed by atoms with Gasteiger partial charge in [-0.1, -0.05) is 17.7 Å². The Hall–Kier alpha value is -2.03. The molecule has 2 rings (SSSR count). The Kier molecular flexibility index (Phi) is 4.05. The van der Waals surface area contributed by atoms with Crippen molar-refractivity contribution in [3.05, 3.63) is 52.7 Å². The Morgan fingerprint density at radius 1 is 1.16 bits per heavy atom. The molecule has 0 spiro atoms. The highest BCUT2D eigenvalue weighted by Crippen LogP contribution is 2.23. The average Bonchev–Trinajstić information content (AvgIpc) is 2.38. The van der Waals surface area contributed by atoms with Gasteiger partial charge >= 0.3 is 0 Å². The van der Waals surface area contributed by atoms with Gasteiger partial charge in [-0.3, -0.25) is 0 Å². The predicted octanol–water partition coefficient (Wildman–Crippen LogP) is 3.63. The number of aryl methyl sites for hydroxylation is 3. The SMILES string of the molecule is COc1ncccc1NCc1c(C)cc(C)cc1C. The number of hydrogen-bond acceptors (Lipinski definition) is 3. The molecule has 2 aromatic rings. The van der Waals surface area contributed by atoms with E-state index in [9.17, 15) is 0 Å². The minimum absolute atomic E-state index is 0.630. The van der Waals surface area contributed by atoms with E-state index in [1.807, 2.05) is 12.1 Å². The monoisotopic (exact) mass is 256 g/mol. The molecule has 0 amide bonds. The standard InChI is InChI=1S/C16H20N2O/c1-11-8-12(2)14(13(3)9-11)10-18-15-6-5-7-17-16(15)19-4/h5-9,18H,10H2,1-4H3. The largest absolute Gasteiger partial charge is 0.480 e. The molecule has 0 aliphatic rings. The molecular formula is C16H20N2O. The van der Waals surface area contributed by atoms with Crippen molar-refractivity contribution in [1.82, 2.24) is 4.98 Å². The lowest BCUT2D eigenvalue weighted by Crippen LogP contribution is -2.05. The van der Waals surface area contributed by atoms with Gasteiger partial charge in [0.25, 0.3) is 0 Å². The van der Waals surface area contributed by atoms with Crippen molar-refractivity contribution < 1.29 is 4.74 Å². The van der Waals surface area contributed by atoms with E-state index in [0.29, 0.717) is 5.88 Å². The molecule has 100 valence electrons. The third kappa shape index (κ3) is 3.05. The van der Waals surface area contributed by atoms with Crippen LogP contribution in [0.4, 0.5) is 5.69 Å². The van der Waals surface area contributed by atoms with Gasteiger partial charge in [-0.05, 0) is 49.6 Å². The molecule has 0 radical (unpaired) electrons. The summed E-state index contributed by atoms with van der Waals surface area (Å²) in [6.07, 6.45) is 1.73. The molecule has 1 aromatic heterocycles. The molecule has 0 unspecified atom stereocenters. The number of nitrogens with one attached hydrogen (secondary N) is 1. The van der Waals surface area contributed by atoms with E-state index in [-0.39, 0.29) is 0 Å². The Morgan fingerprint density at radius 3 is 2.47 bits per heavy atom. The number of ether oxygens (including phenoxy) is 1. The zero-order valence-corrected chi connectivity index (χ0v) is 11.9. The quantitative estimate of drug-likeness (QED) is 0.907. The Morgan fingerprint density at radius 2 is 1.84 bits per heavy atom. The molecule has 0 aliphatic heterocycles. The summed E-state index contributed by atoms with van der Waals surface area (Å²) in [4.78, 5) is 4.18. The Balaban J connectivity index is 2.19. The maximum atomic E-state index is 5.24. The second-order valence-electron chi connectivity index (χ2n) is 4.79. The van der Waals surface area contributed by atoms with Gasteiger partial charge in [-0.2, -0.15) is 0 Å². The van der Waals surface area contributed by atoms with Crippen LogP contribution >= 0.6 is 0 Å². The predicted molar refractivity (Wildman–Crippen MR) is 78.8 cm³/mol. The van der Waals surface area contributed by atoms with Crippen LogP contribution < -0.4 is 10.1 Å². The maximum absolute atomic E-state index is 5.24. The van der Waals surface area contributed by atoms with E-state index in [1.54, 1.807) is 13.3 Å².